The standard InChI is InChI=1S/C16H14BrF2NO/c1-9-2-10-5-16(20-7-11(10)3-9)21-8-12-4-13(17)15(19)6-14(12)18/h4-7,9H,2-3,8H2,1H3. The van der Waals surface area contributed by atoms with Crippen molar-refractivity contribution >= 4 is 15.9 Å². The highest BCUT2D eigenvalue weighted by atomic mass is 79.9. The van der Waals surface area contributed by atoms with Crippen molar-refractivity contribution in [2.24, 2.45) is 5.92 Å². The second-order valence-corrected chi connectivity index (χ2v) is 6.31. The summed E-state index contributed by atoms with van der Waals surface area (Å²) in [6.45, 7) is 2.22. The number of rotatable bonds is 3. The van der Waals surface area contributed by atoms with E-state index in [1.807, 2.05) is 12.3 Å². The molecule has 1 aromatic heterocycles. The molecule has 0 radical (unpaired) electrons. The zero-order chi connectivity index (χ0) is 15.0. The van der Waals surface area contributed by atoms with Gasteiger partial charge >= 0.3 is 0 Å². The average Bonchev–Trinajstić information content (AvgIpc) is 2.80. The van der Waals surface area contributed by atoms with Crippen molar-refractivity contribution in [1.82, 2.24) is 4.98 Å². The molecule has 0 amide bonds. The molecule has 0 bridgehead atoms. The lowest BCUT2D eigenvalue weighted by Gasteiger charge is -2.08. The summed E-state index contributed by atoms with van der Waals surface area (Å²) in [5.74, 6) is -0.142. The summed E-state index contributed by atoms with van der Waals surface area (Å²) in [5, 5.41) is 0. The van der Waals surface area contributed by atoms with Gasteiger partial charge in [0.2, 0.25) is 5.88 Å². The van der Waals surface area contributed by atoms with Crippen LogP contribution in [0.2, 0.25) is 0 Å². The zero-order valence-corrected chi connectivity index (χ0v) is 13.1. The van der Waals surface area contributed by atoms with E-state index in [4.69, 9.17) is 4.74 Å². The third kappa shape index (κ3) is 3.07. The molecular weight excluding hydrogens is 340 g/mol. The number of nitrogens with zero attached hydrogens (tertiary/aromatic N) is 1. The van der Waals surface area contributed by atoms with Crippen LogP contribution in [0.1, 0.15) is 23.6 Å². The molecule has 1 atom stereocenters. The van der Waals surface area contributed by atoms with Crippen LogP contribution in [0.15, 0.2) is 28.9 Å². The van der Waals surface area contributed by atoms with Crippen LogP contribution in [0.25, 0.3) is 0 Å². The molecule has 110 valence electrons. The molecule has 0 saturated carbocycles. The Morgan fingerprint density at radius 3 is 2.76 bits per heavy atom. The van der Waals surface area contributed by atoms with Crippen LogP contribution in [-0.2, 0) is 19.4 Å². The Morgan fingerprint density at radius 1 is 1.19 bits per heavy atom. The lowest BCUT2D eigenvalue weighted by Crippen LogP contribution is -2.01. The molecule has 0 aliphatic heterocycles. The van der Waals surface area contributed by atoms with Crippen LogP contribution in [0, 0.1) is 17.6 Å². The van der Waals surface area contributed by atoms with Gasteiger partial charge in [0.1, 0.15) is 18.2 Å². The van der Waals surface area contributed by atoms with Crippen LogP contribution >= 0.6 is 15.9 Å². The highest BCUT2D eigenvalue weighted by molar-refractivity contribution is 9.10. The van der Waals surface area contributed by atoms with Gasteiger partial charge in [-0.15, -0.1) is 0 Å². The van der Waals surface area contributed by atoms with Crippen LogP contribution < -0.4 is 4.74 Å². The number of pyridine rings is 1. The molecule has 21 heavy (non-hydrogen) atoms. The van der Waals surface area contributed by atoms with Gasteiger partial charge < -0.3 is 4.74 Å². The Balaban J connectivity index is 1.74. The van der Waals surface area contributed by atoms with Gasteiger partial charge in [0.25, 0.3) is 0 Å². The topological polar surface area (TPSA) is 22.1 Å². The lowest BCUT2D eigenvalue weighted by atomic mass is 10.1. The highest BCUT2D eigenvalue weighted by Gasteiger charge is 2.19. The van der Waals surface area contributed by atoms with E-state index in [2.05, 4.69) is 27.8 Å². The maximum atomic E-state index is 13.6. The monoisotopic (exact) mass is 353 g/mol. The van der Waals surface area contributed by atoms with E-state index in [1.165, 1.54) is 17.2 Å². The summed E-state index contributed by atoms with van der Waals surface area (Å²) in [6, 6.07) is 4.15. The summed E-state index contributed by atoms with van der Waals surface area (Å²) in [5.41, 5.74) is 2.79. The molecule has 0 fully saturated rings. The predicted molar refractivity (Wildman–Crippen MR) is 79.2 cm³/mol. The molecule has 3 rings (SSSR count). The summed E-state index contributed by atoms with van der Waals surface area (Å²) >= 11 is 3.04. The zero-order valence-electron chi connectivity index (χ0n) is 11.5. The minimum Gasteiger partial charge on any atom is -0.473 e. The van der Waals surface area contributed by atoms with E-state index < -0.39 is 11.6 Å². The summed E-state index contributed by atoms with van der Waals surface area (Å²) in [4.78, 5) is 4.24. The van der Waals surface area contributed by atoms with Crippen molar-refractivity contribution in [2.75, 3.05) is 0 Å². The van der Waals surface area contributed by atoms with Gasteiger partial charge in [0, 0.05) is 23.9 Å². The van der Waals surface area contributed by atoms with Crippen LogP contribution in [-0.4, -0.2) is 4.98 Å². The van der Waals surface area contributed by atoms with Gasteiger partial charge in [-0.05, 0) is 51.9 Å². The van der Waals surface area contributed by atoms with E-state index in [-0.39, 0.29) is 11.1 Å². The molecule has 2 aromatic rings. The Bertz CT molecular complexity index is 690. The SMILES string of the molecule is CC1Cc2cnc(OCc3cc(Br)c(F)cc3F)cc2C1. The molecule has 2 nitrogen and oxygen atoms in total. The number of fused-ring (bicyclic) bond motifs is 1. The summed E-state index contributed by atoms with van der Waals surface area (Å²) in [6.07, 6.45) is 3.89. The number of halogens is 3. The van der Waals surface area contributed by atoms with Crippen molar-refractivity contribution in [1.29, 1.82) is 0 Å². The van der Waals surface area contributed by atoms with E-state index >= 15 is 0 Å². The molecule has 0 spiro atoms. The Kier molecular flexibility index (Phi) is 3.93. The number of hydrogen-bond donors (Lipinski definition) is 0. The molecule has 1 aliphatic carbocycles. The van der Waals surface area contributed by atoms with E-state index in [0.717, 1.165) is 18.9 Å². The van der Waals surface area contributed by atoms with Crippen LogP contribution in [0.4, 0.5) is 8.78 Å². The smallest absolute Gasteiger partial charge is 0.213 e. The maximum Gasteiger partial charge on any atom is 0.213 e. The van der Waals surface area contributed by atoms with Crippen molar-refractivity contribution in [2.45, 2.75) is 26.4 Å². The molecular formula is C16H14BrF2NO. The minimum atomic E-state index is -0.624. The first-order chi connectivity index (χ1) is 10.0. The molecule has 5 heteroatoms. The van der Waals surface area contributed by atoms with Gasteiger partial charge in [-0.3, -0.25) is 0 Å². The lowest BCUT2D eigenvalue weighted by molar-refractivity contribution is 0.287. The first-order valence-corrected chi connectivity index (χ1v) is 7.56. The number of aromatic nitrogens is 1. The summed E-state index contributed by atoms with van der Waals surface area (Å²) < 4.78 is 32.6. The molecule has 0 N–H and O–H groups in total. The van der Waals surface area contributed by atoms with Gasteiger partial charge in [-0.25, -0.2) is 13.8 Å². The van der Waals surface area contributed by atoms with Gasteiger partial charge in [-0.1, -0.05) is 6.92 Å². The number of hydrogen-bond acceptors (Lipinski definition) is 2. The van der Waals surface area contributed by atoms with Crippen molar-refractivity contribution in [3.05, 3.63) is 57.2 Å². The third-order valence-corrected chi connectivity index (χ3v) is 4.27. The fourth-order valence-electron chi connectivity index (χ4n) is 2.61. The second-order valence-electron chi connectivity index (χ2n) is 5.45. The van der Waals surface area contributed by atoms with E-state index in [9.17, 15) is 8.78 Å². The predicted octanol–water partition coefficient (Wildman–Crippen LogP) is 4.44. The van der Waals surface area contributed by atoms with Gasteiger partial charge in [-0.2, -0.15) is 0 Å². The molecule has 1 aliphatic rings. The average molecular weight is 354 g/mol. The quantitative estimate of drug-likeness (QED) is 0.761. The number of ether oxygens (including phenoxy) is 1. The Labute approximate surface area is 130 Å². The van der Waals surface area contributed by atoms with Crippen LogP contribution in [0.5, 0.6) is 5.88 Å². The van der Waals surface area contributed by atoms with Crippen molar-refractivity contribution in [3.63, 3.8) is 0 Å². The van der Waals surface area contributed by atoms with Gasteiger partial charge in [0.15, 0.2) is 0 Å². The second kappa shape index (κ2) is 5.72. The third-order valence-electron chi connectivity index (χ3n) is 3.66. The van der Waals surface area contributed by atoms with Gasteiger partial charge in [0.05, 0.1) is 4.47 Å². The Morgan fingerprint density at radius 2 is 1.95 bits per heavy atom. The van der Waals surface area contributed by atoms with Crippen molar-refractivity contribution in [3.8, 4) is 5.88 Å². The number of benzene rings is 1. The molecule has 0 saturated heterocycles. The maximum absolute atomic E-state index is 13.6. The fourth-order valence-corrected chi connectivity index (χ4v) is 3.00. The normalized spacial score (nSPS) is 16.9. The Hall–Kier alpha value is -1.49. The van der Waals surface area contributed by atoms with Crippen molar-refractivity contribution < 1.29 is 13.5 Å². The highest BCUT2D eigenvalue weighted by Crippen LogP contribution is 2.28. The van der Waals surface area contributed by atoms with E-state index in [1.54, 1.807) is 0 Å². The van der Waals surface area contributed by atoms with Crippen LogP contribution in [0.3, 0.4) is 0 Å². The largest absolute Gasteiger partial charge is 0.473 e. The first kappa shape index (κ1) is 14.4. The minimum absolute atomic E-state index is 0.0199. The molecule has 1 heterocycles. The summed E-state index contributed by atoms with van der Waals surface area (Å²) in [7, 11) is 0. The molecule has 1 aromatic carbocycles. The fraction of sp³-hybridized carbons (Fsp3) is 0.312. The van der Waals surface area contributed by atoms with E-state index in [0.29, 0.717) is 17.4 Å². The first-order valence-electron chi connectivity index (χ1n) is 6.77. The molecule has 1 unspecified atom stereocenters.